The van der Waals surface area contributed by atoms with Crippen molar-refractivity contribution in [1.29, 1.82) is 0 Å². The lowest BCUT2D eigenvalue weighted by Gasteiger charge is -2.30. The Labute approximate surface area is 579 Å². The molecule has 1 atom stereocenters. The molecule has 1 aromatic heterocycles. The van der Waals surface area contributed by atoms with Gasteiger partial charge in [-0.25, -0.2) is 24.2 Å². The molecule has 0 fully saturated rings. The molecular weight excluding hydrogens is 1310 g/mol. The molecule has 0 spiro atoms. The van der Waals surface area contributed by atoms with Crippen LogP contribution in [0.25, 0.3) is 11.0 Å². The lowest BCUT2D eigenvalue weighted by atomic mass is 9.77. The number of rotatable bonds is 40. The number of aliphatic carboxylic acids is 2. The molecule has 2 aliphatic rings. The number of aromatic nitrogens is 2. The molecule has 0 bridgehead atoms. The Hall–Kier alpha value is -8.77. The first-order valence-electron chi connectivity index (χ1n) is 32.3. The fraction of sp³-hybridized carbons (Fsp3) is 0.451. The number of nitrogens with zero attached hydrogens (tertiary/aromatic N) is 3. The number of benzene rings is 4. The van der Waals surface area contributed by atoms with Crippen molar-refractivity contribution in [2.24, 2.45) is 0 Å². The van der Waals surface area contributed by atoms with E-state index in [9.17, 15) is 52.9 Å². The number of carbonyl (C=O) groups excluding carboxylic acids is 5. The van der Waals surface area contributed by atoms with Gasteiger partial charge in [-0.05, 0) is 119 Å². The summed E-state index contributed by atoms with van der Waals surface area (Å²) in [5.41, 5.74) is 13.5. The molecule has 0 saturated carbocycles. The predicted octanol–water partition coefficient (Wildman–Crippen LogP) is 10.2. The Morgan fingerprint density at radius 3 is 1.75 bits per heavy atom. The molecule has 538 valence electrons. The van der Waals surface area contributed by atoms with Crippen LogP contribution in [0, 0.1) is 0 Å². The van der Waals surface area contributed by atoms with E-state index in [-0.39, 0.29) is 62.7 Å². The largest absolute Gasteiger partial charge is 0.486 e. The number of fused-ring (bicyclic) bond motifs is 3. The fourth-order valence-electron chi connectivity index (χ4n) is 11.7. The summed E-state index contributed by atoms with van der Waals surface area (Å²) in [6.07, 6.45) is 17.7. The summed E-state index contributed by atoms with van der Waals surface area (Å²) in [5, 5.41) is 27.4. The minimum absolute atomic E-state index is 0. The second kappa shape index (κ2) is 38.0. The number of hydrogen-bond donors (Lipinski definition) is 7. The molecule has 1 unspecified atom stereocenters. The number of likely N-dealkylation sites (N-methyl/N-ethyl adjacent to an activating group) is 1. The number of ether oxygens (including phenoxy) is 3. The summed E-state index contributed by atoms with van der Waals surface area (Å²) in [7, 11) is -6.45. The molecule has 0 aliphatic carbocycles. The van der Waals surface area contributed by atoms with Crippen LogP contribution in [0.5, 0.6) is 5.75 Å². The van der Waals surface area contributed by atoms with Crippen LogP contribution in [0.2, 0.25) is 0 Å². The van der Waals surface area contributed by atoms with Gasteiger partial charge in [0.1, 0.15) is 24.4 Å². The number of carboxylic acids is 2. The molecule has 0 saturated heterocycles. The van der Waals surface area contributed by atoms with Crippen molar-refractivity contribution in [3.63, 3.8) is 0 Å². The Bertz CT molecular complexity index is 3840. The van der Waals surface area contributed by atoms with Crippen LogP contribution in [0.3, 0.4) is 0 Å². The van der Waals surface area contributed by atoms with Crippen LogP contribution in [0.1, 0.15) is 142 Å². The molecule has 28 heteroatoms. The predicted molar refractivity (Wildman–Crippen MR) is 379 cm³/mol. The molecule has 3 heterocycles. The van der Waals surface area contributed by atoms with Gasteiger partial charge in [0.25, 0.3) is 0 Å². The van der Waals surface area contributed by atoms with Gasteiger partial charge in [0.15, 0.2) is 32.1 Å². The Morgan fingerprint density at radius 1 is 0.657 bits per heavy atom. The summed E-state index contributed by atoms with van der Waals surface area (Å²) in [6, 6.07) is 21.3. The fourth-order valence-corrected chi connectivity index (χ4v) is 14.6. The van der Waals surface area contributed by atoms with Crippen LogP contribution in [0.15, 0.2) is 115 Å². The van der Waals surface area contributed by atoms with Gasteiger partial charge in [-0.1, -0.05) is 83.0 Å². The van der Waals surface area contributed by atoms with E-state index in [2.05, 4.69) is 42.3 Å². The average molecular weight is 1410 g/mol. The summed E-state index contributed by atoms with van der Waals surface area (Å²) in [4.78, 5) is 95.1. The topological polar surface area (TPSA) is 356 Å². The molecule has 5 aromatic rings. The third-order valence-electron chi connectivity index (χ3n) is 16.8. The highest BCUT2D eigenvalue weighted by atomic mass is 31.2. The van der Waals surface area contributed by atoms with E-state index in [1.54, 1.807) is 48.8 Å². The monoisotopic (exact) mass is 1410 g/mol. The minimum atomic E-state index is -4.39. The van der Waals surface area contributed by atoms with E-state index in [0.29, 0.717) is 94.6 Å². The summed E-state index contributed by atoms with van der Waals surface area (Å²) >= 11 is 0. The SMILES string of the molecule is C.C.CCN1/C(=C/C=C/C=C/C2=[N+](CC)c3ccc(P(=O)(OCC(=O)O)OCC(=O)O)cc3C2(C)C)C(C)(CCCCCC(=O)NCCNC(=O)CCCCCCC(=O)NCc2ccc(COc3cc(N)cc4[nH]cnc34)cc2)c2cc(P(=O)(OCC(=O)OC)OCC(=O)OC)ccc21. The number of H-pyrrole nitrogens is 1. The number of nitrogen functional groups attached to an aromatic ring is 1. The number of imidazole rings is 1. The van der Waals surface area contributed by atoms with Gasteiger partial charge in [-0.15, -0.1) is 0 Å². The number of aromatic amines is 1. The van der Waals surface area contributed by atoms with E-state index in [0.717, 1.165) is 77.6 Å². The maximum absolute atomic E-state index is 14.6. The first-order chi connectivity index (χ1) is 46.4. The number of carbonyl (C=O) groups is 7. The van der Waals surface area contributed by atoms with E-state index in [1.165, 1.54) is 6.07 Å². The number of nitrogens with one attached hydrogen (secondary N) is 4. The molecule has 4 aromatic carbocycles. The number of esters is 2. The van der Waals surface area contributed by atoms with Crippen molar-refractivity contribution >= 4 is 101 Å². The van der Waals surface area contributed by atoms with Crippen LogP contribution >= 0.6 is 15.2 Å². The Balaban J connectivity index is 0.00000884. The van der Waals surface area contributed by atoms with Gasteiger partial charge < -0.3 is 56.0 Å². The highest BCUT2D eigenvalue weighted by Gasteiger charge is 2.47. The molecule has 0 radical (unpaired) electrons. The molecule has 3 amide bonds. The van der Waals surface area contributed by atoms with E-state index >= 15 is 0 Å². The Kier molecular flexibility index (Phi) is 31.0. The zero-order chi connectivity index (χ0) is 70.3. The third-order valence-corrected chi connectivity index (χ3v) is 20.5. The standard InChI is InChI=1S/C69H88N8O18P2.2CH4/c1-8-76-55-31-29-50(96(87,92-42-63(81)82)93-43-64(83)84)38-52(55)68(3,4)58(76)20-14-12-15-21-59-69(5,53-39-51(30-32-56(53)77(59)9-2)97(88,94-44-65(85)89-6)95-45-66(86)90-7)33-19-13-18-23-61(79)72-35-34-71-60(78)22-16-10-11-17-24-62(80)73-40-47-25-27-48(28-26-47)41-91-57-37-49(70)36-54-67(57)75-46-74-54;;/h12,14-15,20-21,25-32,36-39,46H,8-11,13,16-19,22-24,33-35,40-45,70H2,1-7H3,(H5-,71,72,73,74,75,78,79,80,81,82,83,84);2*1H4/p+1. The van der Waals surface area contributed by atoms with Crippen LogP contribution < -0.4 is 41.9 Å². The van der Waals surface area contributed by atoms with E-state index < -0.39 is 76.3 Å². The quantitative estimate of drug-likeness (QED) is 0.00478. The first kappa shape index (κ1) is 80.9. The van der Waals surface area contributed by atoms with E-state index in [4.69, 9.17) is 38.0 Å². The number of carboxylic acid groups (broad SMARTS) is 2. The number of hydrogen-bond acceptors (Lipinski definition) is 19. The van der Waals surface area contributed by atoms with Crippen molar-refractivity contribution in [2.45, 2.75) is 144 Å². The highest BCUT2D eigenvalue weighted by molar-refractivity contribution is 7.62. The molecule has 99 heavy (non-hydrogen) atoms. The van der Waals surface area contributed by atoms with Crippen molar-refractivity contribution in [2.75, 3.05) is 77.5 Å². The maximum atomic E-state index is 14.6. The first-order valence-corrected chi connectivity index (χ1v) is 35.3. The van der Waals surface area contributed by atoms with Gasteiger partial charge in [0.05, 0.1) is 42.1 Å². The maximum Gasteiger partial charge on any atom is 0.362 e. The number of nitrogens with two attached hydrogens (primary N) is 1. The van der Waals surface area contributed by atoms with Gasteiger partial charge >= 0.3 is 39.1 Å². The van der Waals surface area contributed by atoms with Crippen LogP contribution in [0.4, 0.5) is 17.1 Å². The van der Waals surface area contributed by atoms with Crippen LogP contribution in [-0.2, 0) is 94.2 Å². The third kappa shape index (κ3) is 21.9. The van der Waals surface area contributed by atoms with Crippen molar-refractivity contribution in [3.05, 3.63) is 137 Å². The molecule has 8 N–H and O–H groups in total. The number of amides is 3. The van der Waals surface area contributed by atoms with Crippen molar-refractivity contribution < 1.29 is 89.8 Å². The van der Waals surface area contributed by atoms with Crippen LogP contribution in [-0.4, -0.2) is 139 Å². The second-order valence-corrected chi connectivity index (χ2v) is 28.0. The highest BCUT2D eigenvalue weighted by Crippen LogP contribution is 2.54. The van der Waals surface area contributed by atoms with Crippen molar-refractivity contribution in [1.82, 2.24) is 25.9 Å². The lowest BCUT2D eigenvalue weighted by molar-refractivity contribution is -0.433. The Morgan fingerprint density at radius 2 is 1.19 bits per heavy atom. The number of anilines is 2. The molecule has 26 nitrogen and oxygen atoms in total. The summed E-state index contributed by atoms with van der Waals surface area (Å²) in [6.45, 7) is 8.98. The smallest absolute Gasteiger partial charge is 0.362 e. The normalized spacial score (nSPS) is 15.1. The number of allylic oxidation sites excluding steroid dienone is 6. The van der Waals surface area contributed by atoms with Gasteiger partial charge in [0, 0.05) is 91.7 Å². The van der Waals surface area contributed by atoms with Gasteiger partial charge in [-0.3, -0.25) is 41.6 Å². The zero-order valence-corrected chi connectivity index (χ0v) is 57.8. The average Bonchev–Trinajstić information content (AvgIpc) is 1.60. The molecule has 7 rings (SSSR count). The zero-order valence-electron chi connectivity index (χ0n) is 56.0. The number of unbranched alkanes of at least 4 members (excludes halogenated alkanes) is 5. The second-order valence-electron chi connectivity index (χ2n) is 23.9. The van der Waals surface area contributed by atoms with Gasteiger partial charge in [-0.2, -0.15) is 4.58 Å². The number of methoxy groups -OCH3 is 2. The molecule has 2 aliphatic heterocycles. The minimum Gasteiger partial charge on any atom is -0.486 e. The van der Waals surface area contributed by atoms with Gasteiger partial charge in [0.2, 0.25) is 23.4 Å². The van der Waals surface area contributed by atoms with E-state index in [1.807, 2.05) is 82.3 Å². The lowest BCUT2D eigenvalue weighted by Crippen LogP contribution is -2.34. The summed E-state index contributed by atoms with van der Waals surface area (Å²) in [5.74, 6) is -4.15. The summed E-state index contributed by atoms with van der Waals surface area (Å²) < 4.78 is 67.8. The molecular formula is C71H97N8O18P2+. The van der Waals surface area contributed by atoms with Crippen molar-refractivity contribution in [3.8, 4) is 5.75 Å².